The third kappa shape index (κ3) is 4.26. The summed E-state index contributed by atoms with van der Waals surface area (Å²) in [5, 5.41) is 9.78. The number of hydrogen-bond acceptors (Lipinski definition) is 2. The van der Waals surface area contributed by atoms with Gasteiger partial charge in [0.05, 0.1) is 6.10 Å². The molecule has 0 amide bonds. The van der Waals surface area contributed by atoms with Gasteiger partial charge in [-0.25, -0.2) is 0 Å². The Morgan fingerprint density at radius 1 is 1.29 bits per heavy atom. The summed E-state index contributed by atoms with van der Waals surface area (Å²) in [6.45, 7) is 11.9. The highest BCUT2D eigenvalue weighted by atomic mass is 16.3. The minimum Gasteiger partial charge on any atom is -0.393 e. The van der Waals surface area contributed by atoms with Crippen molar-refractivity contribution in [1.82, 2.24) is 4.90 Å². The zero-order chi connectivity index (χ0) is 13.3. The fourth-order valence-corrected chi connectivity index (χ4v) is 2.73. The minimum absolute atomic E-state index is 0.0122. The molecular weight excluding hydrogens is 210 g/mol. The molecule has 0 radical (unpaired) electrons. The second-order valence-electron chi connectivity index (χ2n) is 7.48. The minimum atomic E-state index is -0.245. The Morgan fingerprint density at radius 2 is 1.76 bits per heavy atom. The van der Waals surface area contributed by atoms with Crippen LogP contribution in [0.3, 0.4) is 0 Å². The Balaban J connectivity index is 2.47. The van der Waals surface area contributed by atoms with E-state index in [2.05, 4.69) is 39.6 Å². The molecule has 1 aliphatic carbocycles. The summed E-state index contributed by atoms with van der Waals surface area (Å²) in [6, 6.07) is 0.709. The van der Waals surface area contributed by atoms with Crippen molar-refractivity contribution in [2.75, 3.05) is 13.6 Å². The van der Waals surface area contributed by atoms with E-state index in [1.165, 1.54) is 25.7 Å². The maximum absolute atomic E-state index is 9.78. The fourth-order valence-electron chi connectivity index (χ4n) is 2.73. The summed E-state index contributed by atoms with van der Waals surface area (Å²) in [6.07, 6.45) is 5.03. The molecule has 0 aromatic carbocycles. The second kappa shape index (κ2) is 5.27. The predicted octanol–water partition coefficient (Wildman–Crippen LogP) is 3.29. The highest BCUT2D eigenvalue weighted by molar-refractivity contribution is 4.86. The topological polar surface area (TPSA) is 23.5 Å². The van der Waals surface area contributed by atoms with Gasteiger partial charge in [-0.2, -0.15) is 0 Å². The van der Waals surface area contributed by atoms with Gasteiger partial charge in [0.25, 0.3) is 0 Å². The van der Waals surface area contributed by atoms with Crippen molar-refractivity contribution in [2.24, 2.45) is 10.8 Å². The van der Waals surface area contributed by atoms with Crippen LogP contribution >= 0.6 is 0 Å². The SMILES string of the molecule is CC(O)C(C)(C)CN(C)C1CCC(C)(C)CC1. The van der Waals surface area contributed by atoms with Crippen molar-refractivity contribution >= 4 is 0 Å². The quantitative estimate of drug-likeness (QED) is 0.816. The maximum Gasteiger partial charge on any atom is 0.0575 e. The fraction of sp³-hybridized carbons (Fsp3) is 1.00. The van der Waals surface area contributed by atoms with Gasteiger partial charge in [-0.05, 0) is 45.1 Å². The molecule has 17 heavy (non-hydrogen) atoms. The van der Waals surface area contributed by atoms with Crippen molar-refractivity contribution in [2.45, 2.75) is 72.4 Å². The molecule has 102 valence electrons. The number of aliphatic hydroxyl groups is 1. The third-order valence-corrected chi connectivity index (χ3v) is 4.72. The summed E-state index contributed by atoms with van der Waals surface area (Å²) in [5.74, 6) is 0. The van der Waals surface area contributed by atoms with Crippen molar-refractivity contribution in [1.29, 1.82) is 0 Å². The molecule has 0 bridgehead atoms. The number of aliphatic hydroxyl groups excluding tert-OH is 1. The summed E-state index contributed by atoms with van der Waals surface area (Å²) in [4.78, 5) is 2.46. The molecule has 2 nitrogen and oxygen atoms in total. The molecule has 1 aliphatic rings. The van der Waals surface area contributed by atoms with E-state index in [1.807, 2.05) is 6.92 Å². The lowest BCUT2D eigenvalue weighted by Crippen LogP contribution is -2.45. The van der Waals surface area contributed by atoms with Gasteiger partial charge in [0.1, 0.15) is 0 Å². The van der Waals surface area contributed by atoms with Crippen LogP contribution < -0.4 is 0 Å². The van der Waals surface area contributed by atoms with E-state index in [0.29, 0.717) is 11.5 Å². The Labute approximate surface area is 107 Å². The second-order valence-corrected chi connectivity index (χ2v) is 7.48. The monoisotopic (exact) mass is 241 g/mol. The summed E-state index contributed by atoms with van der Waals surface area (Å²) < 4.78 is 0. The first-order chi connectivity index (χ1) is 7.64. The van der Waals surface area contributed by atoms with E-state index in [1.54, 1.807) is 0 Å². The van der Waals surface area contributed by atoms with Gasteiger partial charge >= 0.3 is 0 Å². The Bertz CT molecular complexity index is 235. The molecule has 0 saturated heterocycles. The molecule has 0 aliphatic heterocycles. The van der Waals surface area contributed by atoms with Crippen molar-refractivity contribution < 1.29 is 5.11 Å². The van der Waals surface area contributed by atoms with Crippen molar-refractivity contribution in [3.8, 4) is 0 Å². The maximum atomic E-state index is 9.78. The molecule has 2 heteroatoms. The molecule has 1 saturated carbocycles. The Morgan fingerprint density at radius 3 is 2.18 bits per heavy atom. The molecule has 1 unspecified atom stereocenters. The van der Waals surface area contributed by atoms with E-state index >= 15 is 0 Å². The van der Waals surface area contributed by atoms with Crippen LogP contribution in [0, 0.1) is 10.8 Å². The third-order valence-electron chi connectivity index (χ3n) is 4.72. The highest BCUT2D eigenvalue weighted by Gasteiger charge is 2.32. The largest absolute Gasteiger partial charge is 0.393 e. The average molecular weight is 241 g/mol. The smallest absolute Gasteiger partial charge is 0.0575 e. The number of hydrogen-bond donors (Lipinski definition) is 1. The average Bonchev–Trinajstić information content (AvgIpc) is 2.16. The molecule has 1 rings (SSSR count). The van der Waals surface area contributed by atoms with Crippen LogP contribution in [0.2, 0.25) is 0 Å². The van der Waals surface area contributed by atoms with Gasteiger partial charge in [0.15, 0.2) is 0 Å². The lowest BCUT2D eigenvalue weighted by molar-refractivity contribution is 0.0192. The highest BCUT2D eigenvalue weighted by Crippen LogP contribution is 2.37. The van der Waals surface area contributed by atoms with E-state index in [4.69, 9.17) is 0 Å². The first-order valence-electron chi connectivity index (χ1n) is 7.02. The summed E-state index contributed by atoms with van der Waals surface area (Å²) >= 11 is 0. The van der Waals surface area contributed by atoms with E-state index in [-0.39, 0.29) is 11.5 Å². The molecule has 1 N–H and O–H groups in total. The van der Waals surface area contributed by atoms with Crippen LogP contribution in [0.15, 0.2) is 0 Å². The molecule has 0 spiro atoms. The van der Waals surface area contributed by atoms with Gasteiger partial charge < -0.3 is 10.0 Å². The summed E-state index contributed by atoms with van der Waals surface area (Å²) in [7, 11) is 2.22. The van der Waals surface area contributed by atoms with Crippen molar-refractivity contribution in [3.05, 3.63) is 0 Å². The van der Waals surface area contributed by atoms with Crippen LogP contribution in [0.25, 0.3) is 0 Å². The van der Waals surface area contributed by atoms with E-state index < -0.39 is 0 Å². The van der Waals surface area contributed by atoms with Gasteiger partial charge in [-0.1, -0.05) is 27.7 Å². The number of rotatable bonds is 4. The standard InChI is InChI=1S/C15H31NO/c1-12(17)15(4,5)11-16(6)13-7-9-14(2,3)10-8-13/h12-13,17H,7-11H2,1-6H3. The van der Waals surface area contributed by atoms with Gasteiger partial charge in [0, 0.05) is 18.0 Å². The predicted molar refractivity (Wildman–Crippen MR) is 74.1 cm³/mol. The van der Waals surface area contributed by atoms with Gasteiger partial charge in [0.2, 0.25) is 0 Å². The van der Waals surface area contributed by atoms with Crippen LogP contribution in [0.1, 0.15) is 60.3 Å². The van der Waals surface area contributed by atoms with Crippen LogP contribution in [0.4, 0.5) is 0 Å². The molecule has 0 aromatic heterocycles. The summed E-state index contributed by atoms with van der Waals surface area (Å²) in [5.41, 5.74) is 0.527. The van der Waals surface area contributed by atoms with E-state index in [0.717, 1.165) is 6.54 Å². The van der Waals surface area contributed by atoms with E-state index in [9.17, 15) is 5.11 Å². The zero-order valence-electron chi connectivity index (χ0n) is 12.6. The number of nitrogens with zero attached hydrogens (tertiary/aromatic N) is 1. The van der Waals surface area contributed by atoms with Crippen LogP contribution in [0.5, 0.6) is 0 Å². The molecule has 1 atom stereocenters. The molecular formula is C15H31NO. The first-order valence-corrected chi connectivity index (χ1v) is 7.02. The van der Waals surface area contributed by atoms with Crippen molar-refractivity contribution in [3.63, 3.8) is 0 Å². The van der Waals surface area contributed by atoms with Gasteiger partial charge in [-0.3, -0.25) is 0 Å². The lowest BCUT2D eigenvalue weighted by atomic mass is 9.75. The molecule has 0 heterocycles. The molecule has 0 aromatic rings. The normalized spacial score (nSPS) is 24.0. The Hall–Kier alpha value is -0.0800. The Kier molecular flexibility index (Phi) is 4.65. The van der Waals surface area contributed by atoms with Crippen LogP contribution in [-0.2, 0) is 0 Å². The van der Waals surface area contributed by atoms with Crippen LogP contribution in [-0.4, -0.2) is 35.7 Å². The molecule has 1 fully saturated rings. The van der Waals surface area contributed by atoms with Gasteiger partial charge in [-0.15, -0.1) is 0 Å². The lowest BCUT2D eigenvalue weighted by Gasteiger charge is -2.42. The zero-order valence-corrected chi connectivity index (χ0v) is 12.6. The first kappa shape index (κ1) is 15.0.